The molecule has 0 unspecified atom stereocenters. The summed E-state index contributed by atoms with van der Waals surface area (Å²) in [5, 5.41) is 0. The van der Waals surface area contributed by atoms with Gasteiger partial charge in [0.25, 0.3) is 0 Å². The number of anilines is 2. The van der Waals surface area contributed by atoms with Gasteiger partial charge in [-0.25, -0.2) is 4.39 Å². The van der Waals surface area contributed by atoms with Crippen molar-refractivity contribution >= 4 is 11.9 Å². The number of benzene rings is 1. The van der Waals surface area contributed by atoms with Crippen LogP contribution < -0.4 is 16.2 Å². The van der Waals surface area contributed by atoms with Gasteiger partial charge >= 0.3 is 0 Å². The van der Waals surface area contributed by atoms with Crippen LogP contribution in [0.4, 0.5) is 16.3 Å². The maximum Gasteiger partial charge on any atom is 0.225 e. The van der Waals surface area contributed by atoms with Crippen LogP contribution in [0.3, 0.4) is 0 Å². The number of halogens is 1. The number of hydrogen-bond donors (Lipinski definition) is 2. The number of ether oxygens (including phenoxy) is 1. The molecule has 1 heterocycles. The molecule has 0 bridgehead atoms. The molecule has 0 atom stereocenters. The molecule has 0 spiro atoms. The van der Waals surface area contributed by atoms with E-state index in [0.717, 1.165) is 5.56 Å². The molecular formula is C13H17FN6O. The van der Waals surface area contributed by atoms with Crippen molar-refractivity contribution in [3.63, 3.8) is 0 Å². The fraction of sp³-hybridized carbons (Fsp3) is 0.308. The van der Waals surface area contributed by atoms with Crippen molar-refractivity contribution in [3.05, 3.63) is 35.4 Å². The predicted octanol–water partition coefficient (Wildman–Crippen LogP) is 0.816. The molecule has 2 aromatic rings. The van der Waals surface area contributed by atoms with Gasteiger partial charge in [0.15, 0.2) is 11.6 Å². The Morgan fingerprint density at radius 3 is 2.38 bits per heavy atom. The minimum atomic E-state index is -0.392. The first-order chi connectivity index (χ1) is 9.97. The fourth-order valence-electron chi connectivity index (χ4n) is 1.94. The highest BCUT2D eigenvalue weighted by atomic mass is 19.1. The Kier molecular flexibility index (Phi) is 4.49. The van der Waals surface area contributed by atoms with Crippen LogP contribution in [0.25, 0.3) is 0 Å². The quantitative estimate of drug-likeness (QED) is 0.840. The first-order valence-electron chi connectivity index (χ1n) is 6.25. The number of hydrogen-bond acceptors (Lipinski definition) is 7. The van der Waals surface area contributed by atoms with E-state index in [2.05, 4.69) is 15.0 Å². The molecule has 2 rings (SSSR count). The van der Waals surface area contributed by atoms with Crippen molar-refractivity contribution in [3.8, 4) is 5.75 Å². The van der Waals surface area contributed by atoms with Gasteiger partial charge in [-0.3, -0.25) is 4.90 Å². The maximum atomic E-state index is 13.6. The van der Waals surface area contributed by atoms with E-state index in [4.69, 9.17) is 16.2 Å². The molecule has 0 fully saturated rings. The molecule has 0 saturated carbocycles. The van der Waals surface area contributed by atoms with Gasteiger partial charge < -0.3 is 16.2 Å². The zero-order valence-corrected chi connectivity index (χ0v) is 11.9. The van der Waals surface area contributed by atoms with Gasteiger partial charge in [-0.1, -0.05) is 6.07 Å². The number of methoxy groups -OCH3 is 1. The van der Waals surface area contributed by atoms with Crippen LogP contribution in [-0.4, -0.2) is 34.0 Å². The van der Waals surface area contributed by atoms with Crippen LogP contribution in [0.5, 0.6) is 5.75 Å². The lowest BCUT2D eigenvalue weighted by Gasteiger charge is -2.16. The lowest BCUT2D eigenvalue weighted by molar-refractivity contribution is 0.309. The second-order valence-corrected chi connectivity index (χ2v) is 4.61. The molecule has 21 heavy (non-hydrogen) atoms. The third-order valence-corrected chi connectivity index (χ3v) is 2.80. The summed E-state index contributed by atoms with van der Waals surface area (Å²) < 4.78 is 18.5. The van der Waals surface area contributed by atoms with Gasteiger partial charge in [-0.05, 0) is 24.7 Å². The molecule has 0 aliphatic rings. The molecule has 112 valence electrons. The van der Waals surface area contributed by atoms with E-state index in [1.807, 2.05) is 11.9 Å². The number of aromatic nitrogens is 3. The summed E-state index contributed by atoms with van der Waals surface area (Å²) in [5.41, 5.74) is 11.8. The van der Waals surface area contributed by atoms with Crippen molar-refractivity contribution in [2.75, 3.05) is 25.6 Å². The largest absolute Gasteiger partial charge is 0.494 e. The highest BCUT2D eigenvalue weighted by Gasteiger charge is 2.09. The number of nitrogens with zero attached hydrogens (tertiary/aromatic N) is 4. The number of nitrogens with two attached hydrogens (primary N) is 2. The normalized spacial score (nSPS) is 10.9. The fourth-order valence-corrected chi connectivity index (χ4v) is 1.94. The predicted molar refractivity (Wildman–Crippen MR) is 76.8 cm³/mol. The molecule has 7 nitrogen and oxygen atoms in total. The van der Waals surface area contributed by atoms with Gasteiger partial charge in [0.05, 0.1) is 13.7 Å². The summed E-state index contributed by atoms with van der Waals surface area (Å²) in [6.45, 7) is 0.941. The standard InChI is InChI=1S/C13H17FN6O/c1-20(7-11-17-12(15)19-13(16)18-11)6-8-3-4-10(21-2)9(14)5-8/h3-5H,6-7H2,1-2H3,(H4,15,16,17,18,19). The van der Waals surface area contributed by atoms with Crippen LogP contribution in [-0.2, 0) is 13.1 Å². The van der Waals surface area contributed by atoms with Crippen LogP contribution in [0.15, 0.2) is 18.2 Å². The molecule has 4 N–H and O–H groups in total. The summed E-state index contributed by atoms with van der Waals surface area (Å²) >= 11 is 0. The summed E-state index contributed by atoms with van der Waals surface area (Å²) in [6, 6.07) is 4.83. The lowest BCUT2D eigenvalue weighted by atomic mass is 10.2. The van der Waals surface area contributed by atoms with Gasteiger partial charge in [0, 0.05) is 6.54 Å². The zero-order valence-electron chi connectivity index (χ0n) is 11.9. The van der Waals surface area contributed by atoms with E-state index < -0.39 is 5.82 Å². The highest BCUT2D eigenvalue weighted by molar-refractivity contribution is 5.29. The molecule has 0 aliphatic carbocycles. The highest BCUT2D eigenvalue weighted by Crippen LogP contribution is 2.18. The number of rotatable bonds is 5. The maximum absolute atomic E-state index is 13.6. The minimum absolute atomic E-state index is 0.0846. The first kappa shape index (κ1) is 14.9. The molecule has 1 aromatic heterocycles. The van der Waals surface area contributed by atoms with Crippen LogP contribution in [0.1, 0.15) is 11.4 Å². The van der Waals surface area contributed by atoms with Crippen molar-refractivity contribution in [2.24, 2.45) is 0 Å². The van der Waals surface area contributed by atoms with Crippen molar-refractivity contribution < 1.29 is 9.13 Å². The average molecular weight is 292 g/mol. The van der Waals surface area contributed by atoms with Crippen molar-refractivity contribution in [2.45, 2.75) is 13.1 Å². The summed E-state index contributed by atoms with van der Waals surface area (Å²) in [4.78, 5) is 13.6. The Hall–Kier alpha value is -2.48. The summed E-state index contributed by atoms with van der Waals surface area (Å²) in [6.07, 6.45) is 0. The van der Waals surface area contributed by atoms with Crippen LogP contribution in [0, 0.1) is 5.82 Å². The van der Waals surface area contributed by atoms with Gasteiger partial charge in [-0.2, -0.15) is 15.0 Å². The lowest BCUT2D eigenvalue weighted by Crippen LogP contribution is -2.20. The van der Waals surface area contributed by atoms with Gasteiger partial charge in [0.1, 0.15) is 5.82 Å². The minimum Gasteiger partial charge on any atom is -0.494 e. The summed E-state index contributed by atoms with van der Waals surface area (Å²) in [5.74, 6) is 0.468. The SMILES string of the molecule is COc1ccc(CN(C)Cc2nc(N)nc(N)n2)cc1F. The Morgan fingerprint density at radius 1 is 1.14 bits per heavy atom. The molecule has 0 saturated heterocycles. The van der Waals surface area contributed by atoms with E-state index in [1.54, 1.807) is 12.1 Å². The second-order valence-electron chi connectivity index (χ2n) is 4.61. The second kappa shape index (κ2) is 6.31. The first-order valence-corrected chi connectivity index (χ1v) is 6.25. The molecule has 0 aliphatic heterocycles. The topological polar surface area (TPSA) is 103 Å². The van der Waals surface area contributed by atoms with E-state index in [0.29, 0.717) is 18.9 Å². The third kappa shape index (κ3) is 3.99. The Labute approximate surface area is 121 Å². The molecule has 0 amide bonds. The van der Waals surface area contributed by atoms with Crippen molar-refractivity contribution in [1.29, 1.82) is 0 Å². The van der Waals surface area contributed by atoms with E-state index in [9.17, 15) is 4.39 Å². The van der Waals surface area contributed by atoms with E-state index >= 15 is 0 Å². The third-order valence-electron chi connectivity index (χ3n) is 2.80. The average Bonchev–Trinajstić information content (AvgIpc) is 2.37. The van der Waals surface area contributed by atoms with Crippen LogP contribution >= 0.6 is 0 Å². The number of nitrogen functional groups attached to an aromatic ring is 2. The monoisotopic (exact) mass is 292 g/mol. The zero-order chi connectivity index (χ0) is 15.4. The summed E-state index contributed by atoms with van der Waals surface area (Å²) in [7, 11) is 3.29. The van der Waals surface area contributed by atoms with E-state index in [-0.39, 0.29) is 17.6 Å². The van der Waals surface area contributed by atoms with Crippen molar-refractivity contribution in [1.82, 2.24) is 19.9 Å². The van der Waals surface area contributed by atoms with Gasteiger partial charge in [0.2, 0.25) is 11.9 Å². The van der Waals surface area contributed by atoms with E-state index in [1.165, 1.54) is 13.2 Å². The van der Waals surface area contributed by atoms with Gasteiger partial charge in [-0.15, -0.1) is 0 Å². The molecular weight excluding hydrogens is 275 g/mol. The Balaban J connectivity index is 2.04. The molecule has 1 aromatic carbocycles. The Bertz CT molecular complexity index is 616. The Morgan fingerprint density at radius 2 is 1.81 bits per heavy atom. The molecule has 0 radical (unpaired) electrons. The smallest absolute Gasteiger partial charge is 0.225 e. The molecule has 8 heteroatoms. The van der Waals surface area contributed by atoms with Crippen LogP contribution in [0.2, 0.25) is 0 Å².